The monoisotopic (exact) mass is 459 g/mol. The Kier molecular flexibility index (Phi) is 7.35. The number of anilines is 1. The number of aryl methyl sites for hydroxylation is 1. The topological polar surface area (TPSA) is 88.1 Å². The Morgan fingerprint density at radius 1 is 1.23 bits per heavy atom. The summed E-state index contributed by atoms with van der Waals surface area (Å²) in [5.41, 5.74) is 2.52. The summed E-state index contributed by atoms with van der Waals surface area (Å²) in [5, 5.41) is 3.30. The number of nitrogens with one attached hydrogen (secondary N) is 1. The number of ether oxygens (including phenoxy) is 1. The van der Waals surface area contributed by atoms with Gasteiger partial charge in [-0.15, -0.1) is 0 Å². The molecule has 9 heteroatoms. The second-order valence-corrected chi connectivity index (χ2v) is 8.46. The highest BCUT2D eigenvalue weighted by Crippen LogP contribution is 2.32. The summed E-state index contributed by atoms with van der Waals surface area (Å²) >= 11 is 7.39. The summed E-state index contributed by atoms with van der Waals surface area (Å²) in [4.78, 5) is 42.7. The van der Waals surface area contributed by atoms with Crippen molar-refractivity contribution in [3.8, 4) is 0 Å². The molecule has 162 valence electrons. The first-order valence-electron chi connectivity index (χ1n) is 9.64. The van der Waals surface area contributed by atoms with Crippen molar-refractivity contribution >= 4 is 57.7 Å². The lowest BCUT2D eigenvalue weighted by atomic mass is 10.2. The van der Waals surface area contributed by atoms with Crippen LogP contribution in [0.5, 0.6) is 0 Å². The third kappa shape index (κ3) is 5.65. The molecule has 1 aliphatic heterocycles. The average molecular weight is 460 g/mol. The average Bonchev–Trinajstić information content (AvgIpc) is 2.99. The number of carbonyl (C=O) groups is 3. The Morgan fingerprint density at radius 3 is 2.58 bits per heavy atom. The quantitative estimate of drug-likeness (QED) is 0.646. The number of hydrogen-bond acceptors (Lipinski definition) is 6. The summed E-state index contributed by atoms with van der Waals surface area (Å²) in [7, 11) is 1.63. The van der Waals surface area contributed by atoms with Crippen molar-refractivity contribution in [1.82, 2.24) is 4.90 Å². The highest BCUT2D eigenvalue weighted by atomic mass is 35.5. The van der Waals surface area contributed by atoms with E-state index in [0.29, 0.717) is 33.7 Å². The lowest BCUT2D eigenvalue weighted by Crippen LogP contribution is -2.30. The Bertz CT molecular complexity index is 1040. The first-order valence-corrected chi connectivity index (χ1v) is 10.9. The van der Waals surface area contributed by atoms with Gasteiger partial charge in [0.2, 0.25) is 11.8 Å². The molecule has 0 spiro atoms. The van der Waals surface area contributed by atoms with Gasteiger partial charge in [0.1, 0.15) is 5.25 Å². The minimum absolute atomic E-state index is 0.00113. The number of nitrogens with zero attached hydrogens (tertiary/aromatic N) is 2. The molecule has 1 heterocycles. The minimum Gasteiger partial charge on any atom is -0.462 e. The molecule has 2 aromatic rings. The van der Waals surface area contributed by atoms with Crippen LogP contribution in [0.15, 0.2) is 47.5 Å². The third-order valence-corrected chi connectivity index (χ3v) is 6.21. The van der Waals surface area contributed by atoms with E-state index >= 15 is 0 Å². The molecule has 0 radical (unpaired) electrons. The van der Waals surface area contributed by atoms with Crippen LogP contribution in [0.1, 0.15) is 29.3 Å². The van der Waals surface area contributed by atoms with Gasteiger partial charge in [-0.05, 0) is 55.8 Å². The van der Waals surface area contributed by atoms with E-state index in [4.69, 9.17) is 16.3 Å². The van der Waals surface area contributed by atoms with Crippen molar-refractivity contribution in [3.63, 3.8) is 0 Å². The fraction of sp³-hybridized carbons (Fsp3) is 0.273. The minimum atomic E-state index is -0.566. The maximum atomic E-state index is 12.6. The molecule has 0 aliphatic carbocycles. The van der Waals surface area contributed by atoms with Gasteiger partial charge in [-0.25, -0.2) is 9.79 Å². The maximum Gasteiger partial charge on any atom is 0.338 e. The zero-order valence-corrected chi connectivity index (χ0v) is 18.9. The van der Waals surface area contributed by atoms with E-state index in [1.807, 2.05) is 19.1 Å². The molecule has 0 aromatic heterocycles. The zero-order valence-electron chi connectivity index (χ0n) is 17.3. The zero-order chi connectivity index (χ0) is 22.5. The third-order valence-electron chi connectivity index (χ3n) is 4.57. The first-order chi connectivity index (χ1) is 14.8. The van der Waals surface area contributed by atoms with Crippen LogP contribution in [0, 0.1) is 6.92 Å². The van der Waals surface area contributed by atoms with Crippen molar-refractivity contribution in [1.29, 1.82) is 0 Å². The van der Waals surface area contributed by atoms with Crippen LogP contribution in [0.3, 0.4) is 0 Å². The predicted molar refractivity (Wildman–Crippen MR) is 123 cm³/mol. The molecule has 1 unspecified atom stereocenters. The summed E-state index contributed by atoms with van der Waals surface area (Å²) in [5.74, 6) is -0.907. The molecule has 7 nitrogen and oxygen atoms in total. The molecule has 1 N–H and O–H groups in total. The number of rotatable bonds is 6. The summed E-state index contributed by atoms with van der Waals surface area (Å²) < 4.78 is 4.93. The number of benzene rings is 2. The van der Waals surface area contributed by atoms with Crippen LogP contribution in [-0.4, -0.2) is 46.8 Å². The van der Waals surface area contributed by atoms with Gasteiger partial charge in [0.25, 0.3) is 0 Å². The normalized spacial score (nSPS) is 17.2. The first kappa shape index (κ1) is 22.8. The van der Waals surface area contributed by atoms with Crippen molar-refractivity contribution in [3.05, 3.63) is 58.6 Å². The number of halogens is 1. The number of amidine groups is 1. The summed E-state index contributed by atoms with van der Waals surface area (Å²) in [6.45, 7) is 3.93. The molecule has 1 aliphatic rings. The number of aliphatic imine (C=N–C) groups is 1. The molecule has 3 rings (SSSR count). The molecular formula is C22H22ClN3O4S. The van der Waals surface area contributed by atoms with Crippen molar-refractivity contribution in [2.75, 3.05) is 19.0 Å². The van der Waals surface area contributed by atoms with E-state index < -0.39 is 11.2 Å². The molecule has 1 fully saturated rings. The molecule has 31 heavy (non-hydrogen) atoms. The Morgan fingerprint density at radius 2 is 1.94 bits per heavy atom. The smallest absolute Gasteiger partial charge is 0.338 e. The van der Waals surface area contributed by atoms with Crippen LogP contribution in [0.4, 0.5) is 11.4 Å². The molecule has 0 bridgehead atoms. The number of esters is 1. The van der Waals surface area contributed by atoms with E-state index in [-0.39, 0.29) is 18.2 Å². The van der Waals surface area contributed by atoms with Crippen molar-refractivity contribution in [2.45, 2.75) is 25.5 Å². The van der Waals surface area contributed by atoms with Gasteiger partial charge >= 0.3 is 5.97 Å². The van der Waals surface area contributed by atoms with Gasteiger partial charge < -0.3 is 10.1 Å². The Hall–Kier alpha value is -2.84. The fourth-order valence-electron chi connectivity index (χ4n) is 2.84. The summed E-state index contributed by atoms with van der Waals surface area (Å²) in [6.07, 6.45) is 0.00113. The summed E-state index contributed by atoms with van der Waals surface area (Å²) in [6, 6.07) is 11.8. The second-order valence-electron chi connectivity index (χ2n) is 6.88. The molecule has 1 atom stereocenters. The van der Waals surface area contributed by atoms with E-state index in [9.17, 15) is 14.4 Å². The number of amides is 2. The highest BCUT2D eigenvalue weighted by molar-refractivity contribution is 8.15. The van der Waals surface area contributed by atoms with Crippen LogP contribution in [0.25, 0.3) is 0 Å². The van der Waals surface area contributed by atoms with E-state index in [2.05, 4.69) is 10.3 Å². The van der Waals surface area contributed by atoms with Crippen LogP contribution in [-0.2, 0) is 14.3 Å². The van der Waals surface area contributed by atoms with Gasteiger partial charge in [-0.3, -0.25) is 14.5 Å². The lowest BCUT2D eigenvalue weighted by molar-refractivity contribution is -0.127. The van der Waals surface area contributed by atoms with Gasteiger partial charge in [0, 0.05) is 24.2 Å². The Balaban J connectivity index is 1.62. The molecule has 2 amide bonds. The van der Waals surface area contributed by atoms with E-state index in [1.165, 1.54) is 16.7 Å². The van der Waals surface area contributed by atoms with Crippen LogP contribution >= 0.6 is 23.4 Å². The largest absolute Gasteiger partial charge is 0.462 e. The number of carbonyl (C=O) groups excluding carboxylic acids is 3. The maximum absolute atomic E-state index is 12.6. The van der Waals surface area contributed by atoms with Crippen molar-refractivity contribution < 1.29 is 19.1 Å². The van der Waals surface area contributed by atoms with E-state index in [0.717, 1.165) is 5.56 Å². The lowest BCUT2D eigenvalue weighted by Gasteiger charge is -2.10. The number of hydrogen-bond donors (Lipinski definition) is 1. The van der Waals surface area contributed by atoms with Crippen LogP contribution in [0.2, 0.25) is 5.02 Å². The van der Waals surface area contributed by atoms with Gasteiger partial charge in [-0.2, -0.15) is 0 Å². The van der Waals surface area contributed by atoms with E-state index in [1.54, 1.807) is 44.3 Å². The molecule has 1 saturated heterocycles. The van der Waals surface area contributed by atoms with Gasteiger partial charge in [0.15, 0.2) is 5.17 Å². The molecular weight excluding hydrogens is 438 g/mol. The fourth-order valence-corrected chi connectivity index (χ4v) is 4.17. The van der Waals surface area contributed by atoms with Gasteiger partial charge in [-0.1, -0.05) is 29.4 Å². The SMILES string of the molecule is CCOC(=O)c1ccc(NC(=O)CC2SC(=Nc3ccc(C)c(Cl)c3)N(C)C2=O)cc1. The second kappa shape index (κ2) is 9.98. The molecule has 2 aromatic carbocycles. The standard InChI is InChI=1S/C22H22ClN3O4S/c1-4-30-21(29)14-6-9-15(10-7-14)24-19(27)12-18-20(28)26(3)22(31-18)25-16-8-5-13(2)17(23)11-16/h5-11,18H,4,12H2,1-3H3,(H,24,27). The Labute approximate surface area is 189 Å². The predicted octanol–water partition coefficient (Wildman–Crippen LogP) is 4.42. The number of thioether (sulfide) groups is 1. The molecule has 0 saturated carbocycles. The van der Waals surface area contributed by atoms with Crippen molar-refractivity contribution in [2.24, 2.45) is 4.99 Å². The highest BCUT2D eigenvalue weighted by Gasteiger charge is 2.37. The van der Waals surface area contributed by atoms with Gasteiger partial charge in [0.05, 0.1) is 17.9 Å². The van der Waals surface area contributed by atoms with Crippen LogP contribution < -0.4 is 5.32 Å².